The summed E-state index contributed by atoms with van der Waals surface area (Å²) in [6.07, 6.45) is 1.04. The molecule has 1 N–H and O–H groups in total. The summed E-state index contributed by atoms with van der Waals surface area (Å²) in [6, 6.07) is 5.32. The number of hydrogen-bond donors (Lipinski definition) is 1. The molecule has 1 aromatic rings. The number of benzene rings is 1. The number of nitrogens with zero attached hydrogens (tertiary/aromatic N) is 1. The maximum atomic E-state index is 12.6. The fraction of sp³-hybridized carbons (Fsp3) is 0.500. The van der Waals surface area contributed by atoms with Gasteiger partial charge in [-0.3, -0.25) is 9.59 Å². The third-order valence-electron chi connectivity index (χ3n) is 3.62. The van der Waals surface area contributed by atoms with Crippen LogP contribution in [0.25, 0.3) is 0 Å². The predicted molar refractivity (Wildman–Crippen MR) is 86.2 cm³/mol. The van der Waals surface area contributed by atoms with Crippen LogP contribution in [-0.4, -0.2) is 41.1 Å². The second-order valence-electron chi connectivity index (χ2n) is 5.75. The molecule has 1 aliphatic heterocycles. The number of carboxylic acids is 1. The monoisotopic (exact) mass is 369 g/mol. The molecule has 0 spiro atoms. The molecule has 0 unspecified atom stereocenters. The van der Waals surface area contributed by atoms with E-state index in [1.807, 2.05) is 19.9 Å². The van der Waals surface area contributed by atoms with E-state index in [9.17, 15) is 9.59 Å². The van der Waals surface area contributed by atoms with Crippen molar-refractivity contribution in [2.24, 2.45) is 5.92 Å². The lowest BCUT2D eigenvalue weighted by atomic mass is 9.96. The minimum atomic E-state index is -0.776. The van der Waals surface area contributed by atoms with E-state index in [4.69, 9.17) is 9.84 Å². The number of amides is 1. The van der Waals surface area contributed by atoms with Crippen LogP contribution in [-0.2, 0) is 4.79 Å². The van der Waals surface area contributed by atoms with Crippen molar-refractivity contribution in [1.29, 1.82) is 0 Å². The van der Waals surface area contributed by atoms with Crippen molar-refractivity contribution in [3.8, 4) is 5.75 Å². The van der Waals surface area contributed by atoms with Crippen LogP contribution in [0, 0.1) is 5.92 Å². The van der Waals surface area contributed by atoms with Crippen LogP contribution in [0.2, 0.25) is 0 Å². The average molecular weight is 370 g/mol. The van der Waals surface area contributed by atoms with E-state index >= 15 is 0 Å². The van der Waals surface area contributed by atoms with Crippen molar-refractivity contribution in [1.82, 2.24) is 4.90 Å². The molecule has 1 saturated heterocycles. The van der Waals surface area contributed by atoms with E-state index in [2.05, 4.69) is 15.9 Å². The predicted octanol–water partition coefficient (Wildman–Crippen LogP) is 3.17. The fourth-order valence-corrected chi connectivity index (χ4v) is 3.01. The fourth-order valence-electron chi connectivity index (χ4n) is 2.54. The topological polar surface area (TPSA) is 66.8 Å². The molecular weight excluding hydrogens is 350 g/mol. The van der Waals surface area contributed by atoms with Crippen LogP contribution < -0.4 is 4.74 Å². The van der Waals surface area contributed by atoms with Crippen LogP contribution in [0.15, 0.2) is 22.7 Å². The number of carbonyl (C=O) groups is 2. The lowest BCUT2D eigenvalue weighted by Gasteiger charge is -2.30. The summed E-state index contributed by atoms with van der Waals surface area (Å²) >= 11 is 3.40. The molecule has 1 aliphatic rings. The van der Waals surface area contributed by atoms with Crippen LogP contribution in [0.1, 0.15) is 37.0 Å². The first-order chi connectivity index (χ1) is 10.4. The Morgan fingerprint density at radius 3 is 2.45 bits per heavy atom. The van der Waals surface area contributed by atoms with Crippen molar-refractivity contribution in [2.45, 2.75) is 32.8 Å². The van der Waals surface area contributed by atoms with Crippen molar-refractivity contribution in [2.75, 3.05) is 13.1 Å². The van der Waals surface area contributed by atoms with Crippen molar-refractivity contribution in [3.63, 3.8) is 0 Å². The number of halogens is 1. The number of carboxylic acid groups (broad SMARTS) is 1. The molecule has 0 aliphatic carbocycles. The zero-order chi connectivity index (χ0) is 16.3. The summed E-state index contributed by atoms with van der Waals surface area (Å²) in [6.45, 7) is 4.81. The smallest absolute Gasteiger partial charge is 0.306 e. The van der Waals surface area contributed by atoms with Crippen LogP contribution in [0.5, 0.6) is 5.75 Å². The van der Waals surface area contributed by atoms with E-state index in [1.54, 1.807) is 17.0 Å². The molecule has 1 fully saturated rings. The number of rotatable bonds is 4. The van der Waals surface area contributed by atoms with Gasteiger partial charge in [0.25, 0.3) is 5.91 Å². The lowest BCUT2D eigenvalue weighted by Crippen LogP contribution is -2.40. The second-order valence-corrected chi connectivity index (χ2v) is 6.66. The summed E-state index contributed by atoms with van der Waals surface area (Å²) in [5, 5.41) is 9.01. The van der Waals surface area contributed by atoms with E-state index in [0.29, 0.717) is 37.2 Å². The molecule has 1 amide bonds. The molecule has 0 bridgehead atoms. The second kappa shape index (κ2) is 7.13. The number of aliphatic carboxylic acids is 1. The quantitative estimate of drug-likeness (QED) is 0.884. The highest BCUT2D eigenvalue weighted by atomic mass is 79.9. The Hall–Kier alpha value is -1.56. The van der Waals surface area contributed by atoms with E-state index < -0.39 is 5.97 Å². The molecule has 1 heterocycles. The van der Waals surface area contributed by atoms with Gasteiger partial charge >= 0.3 is 5.97 Å². The molecule has 6 heteroatoms. The first kappa shape index (κ1) is 16.8. The van der Waals surface area contributed by atoms with Crippen LogP contribution in [0.4, 0.5) is 0 Å². The average Bonchev–Trinajstić information content (AvgIpc) is 2.45. The summed E-state index contributed by atoms with van der Waals surface area (Å²) in [4.78, 5) is 25.2. The first-order valence-electron chi connectivity index (χ1n) is 7.36. The zero-order valence-corrected chi connectivity index (χ0v) is 14.3. The van der Waals surface area contributed by atoms with Gasteiger partial charge in [0, 0.05) is 23.1 Å². The maximum absolute atomic E-state index is 12.6. The lowest BCUT2D eigenvalue weighted by molar-refractivity contribution is -0.143. The van der Waals surface area contributed by atoms with Gasteiger partial charge in [-0.1, -0.05) is 15.9 Å². The van der Waals surface area contributed by atoms with Crippen LogP contribution in [0.3, 0.4) is 0 Å². The van der Waals surface area contributed by atoms with Gasteiger partial charge in [0.15, 0.2) is 0 Å². The van der Waals surface area contributed by atoms with Gasteiger partial charge in [-0.05, 0) is 44.9 Å². The van der Waals surface area contributed by atoms with Crippen molar-refractivity contribution < 1.29 is 19.4 Å². The SMILES string of the molecule is CC(C)Oc1cc(Br)cc(C(=O)N2CCC(C(=O)O)CC2)c1. The third kappa shape index (κ3) is 4.22. The largest absolute Gasteiger partial charge is 0.491 e. The summed E-state index contributed by atoms with van der Waals surface area (Å²) < 4.78 is 6.43. The molecule has 0 saturated carbocycles. The molecule has 5 nitrogen and oxygen atoms in total. The normalized spacial score (nSPS) is 15.9. The van der Waals surface area contributed by atoms with E-state index in [-0.39, 0.29) is 17.9 Å². The van der Waals surface area contributed by atoms with Gasteiger partial charge in [-0.25, -0.2) is 0 Å². The van der Waals surface area contributed by atoms with E-state index in [1.165, 1.54) is 0 Å². The van der Waals surface area contributed by atoms with Gasteiger partial charge in [-0.15, -0.1) is 0 Å². The molecule has 120 valence electrons. The van der Waals surface area contributed by atoms with Crippen LogP contribution >= 0.6 is 15.9 Å². The number of likely N-dealkylation sites (tertiary alicyclic amines) is 1. The number of ether oxygens (including phenoxy) is 1. The molecule has 0 aromatic heterocycles. The Bertz CT molecular complexity index is 565. The van der Waals surface area contributed by atoms with Gasteiger partial charge in [0.05, 0.1) is 12.0 Å². The molecular formula is C16H20BrNO4. The highest BCUT2D eigenvalue weighted by Gasteiger charge is 2.27. The number of piperidine rings is 1. The third-order valence-corrected chi connectivity index (χ3v) is 4.08. The summed E-state index contributed by atoms with van der Waals surface area (Å²) in [7, 11) is 0. The molecule has 2 rings (SSSR count). The zero-order valence-electron chi connectivity index (χ0n) is 12.7. The number of carbonyl (C=O) groups excluding carboxylic acids is 1. The molecule has 1 aromatic carbocycles. The highest BCUT2D eigenvalue weighted by Crippen LogP contribution is 2.25. The Balaban J connectivity index is 2.09. The highest BCUT2D eigenvalue weighted by molar-refractivity contribution is 9.10. The number of hydrogen-bond acceptors (Lipinski definition) is 3. The summed E-state index contributed by atoms with van der Waals surface area (Å²) in [5.74, 6) is -0.555. The minimum absolute atomic E-state index is 0.0311. The summed E-state index contributed by atoms with van der Waals surface area (Å²) in [5.41, 5.74) is 0.554. The van der Waals surface area contributed by atoms with Gasteiger partial charge in [0.2, 0.25) is 0 Å². The molecule has 0 radical (unpaired) electrons. The molecule has 22 heavy (non-hydrogen) atoms. The standard InChI is InChI=1S/C16H20BrNO4/c1-10(2)22-14-8-12(7-13(17)9-14)15(19)18-5-3-11(4-6-18)16(20)21/h7-11H,3-6H2,1-2H3,(H,20,21). The minimum Gasteiger partial charge on any atom is -0.491 e. The maximum Gasteiger partial charge on any atom is 0.306 e. The van der Waals surface area contributed by atoms with Crippen molar-refractivity contribution >= 4 is 27.8 Å². The first-order valence-corrected chi connectivity index (χ1v) is 8.15. The Kier molecular flexibility index (Phi) is 5.45. The van der Waals surface area contributed by atoms with Gasteiger partial charge < -0.3 is 14.7 Å². The Morgan fingerprint density at radius 1 is 1.27 bits per heavy atom. The van der Waals surface area contributed by atoms with Gasteiger partial charge in [0.1, 0.15) is 5.75 Å². The molecule has 0 atom stereocenters. The van der Waals surface area contributed by atoms with Gasteiger partial charge in [-0.2, -0.15) is 0 Å². The van der Waals surface area contributed by atoms with Crippen molar-refractivity contribution in [3.05, 3.63) is 28.2 Å². The Labute approximate surface area is 138 Å². The Morgan fingerprint density at radius 2 is 1.91 bits per heavy atom. The van der Waals surface area contributed by atoms with E-state index in [0.717, 1.165) is 4.47 Å².